The number of aryl methyl sites for hydroxylation is 3. The first-order valence-corrected chi connectivity index (χ1v) is 9.18. The van der Waals surface area contributed by atoms with Crippen LogP contribution in [0, 0.1) is 13.8 Å². The van der Waals surface area contributed by atoms with E-state index < -0.39 is 0 Å². The molecule has 0 radical (unpaired) electrons. The summed E-state index contributed by atoms with van der Waals surface area (Å²) < 4.78 is 6.37. The zero-order valence-electron chi connectivity index (χ0n) is 14.5. The fourth-order valence-electron chi connectivity index (χ4n) is 2.40. The number of anilines is 1. The maximum absolute atomic E-state index is 12.0. The van der Waals surface area contributed by atoms with Crippen molar-refractivity contribution in [3.05, 3.63) is 57.6 Å². The second kappa shape index (κ2) is 8.97. The van der Waals surface area contributed by atoms with Crippen molar-refractivity contribution in [3.8, 4) is 5.75 Å². The number of benzene rings is 2. The Morgan fingerprint density at radius 3 is 2.44 bits per heavy atom. The Morgan fingerprint density at radius 1 is 1.16 bits per heavy atom. The topological polar surface area (TPSA) is 50.4 Å². The molecule has 0 saturated carbocycles. The first-order valence-electron chi connectivity index (χ1n) is 7.97. The van der Waals surface area contributed by atoms with Gasteiger partial charge in [0.2, 0.25) is 0 Å². The zero-order valence-corrected chi connectivity index (χ0v) is 16.9. The second-order valence-electron chi connectivity index (χ2n) is 5.79. The Bertz CT molecular complexity index is 773. The molecule has 0 unspecified atom stereocenters. The van der Waals surface area contributed by atoms with Gasteiger partial charge < -0.3 is 10.1 Å². The predicted molar refractivity (Wildman–Crippen MR) is 109 cm³/mol. The zero-order chi connectivity index (χ0) is 18.4. The van der Waals surface area contributed by atoms with Crippen LogP contribution in [0.4, 0.5) is 5.69 Å². The van der Waals surface area contributed by atoms with Crippen LogP contribution in [0.25, 0.3) is 0 Å². The van der Waals surface area contributed by atoms with Gasteiger partial charge in [-0.3, -0.25) is 10.1 Å². The van der Waals surface area contributed by atoms with Crippen LogP contribution in [0.3, 0.4) is 0 Å². The van der Waals surface area contributed by atoms with E-state index in [2.05, 4.69) is 39.6 Å². The molecule has 6 heteroatoms. The van der Waals surface area contributed by atoms with Gasteiger partial charge in [-0.25, -0.2) is 0 Å². The molecule has 132 valence electrons. The SMILES string of the molecule is CCc1ccc(OCC(=O)NC(=S)Nc2cc(C)cc(C)c2)c(Br)c1. The summed E-state index contributed by atoms with van der Waals surface area (Å²) in [5.74, 6) is 0.314. The Morgan fingerprint density at radius 2 is 1.84 bits per heavy atom. The highest BCUT2D eigenvalue weighted by molar-refractivity contribution is 9.10. The first-order chi connectivity index (χ1) is 11.9. The number of ether oxygens (including phenoxy) is 1. The molecule has 2 rings (SSSR count). The van der Waals surface area contributed by atoms with Crippen molar-refractivity contribution < 1.29 is 9.53 Å². The van der Waals surface area contributed by atoms with E-state index in [0.29, 0.717) is 5.75 Å². The van der Waals surface area contributed by atoms with Crippen LogP contribution < -0.4 is 15.4 Å². The van der Waals surface area contributed by atoms with Crippen molar-refractivity contribution in [1.29, 1.82) is 0 Å². The predicted octanol–water partition coefficient (Wildman–Crippen LogP) is 4.52. The summed E-state index contributed by atoms with van der Waals surface area (Å²) in [5, 5.41) is 5.88. The molecule has 2 aromatic rings. The third kappa shape index (κ3) is 6.14. The summed E-state index contributed by atoms with van der Waals surface area (Å²) in [6.07, 6.45) is 0.942. The molecule has 0 saturated heterocycles. The van der Waals surface area contributed by atoms with E-state index in [1.165, 1.54) is 5.56 Å². The molecule has 25 heavy (non-hydrogen) atoms. The Kier molecular flexibility index (Phi) is 6.96. The van der Waals surface area contributed by atoms with Crippen molar-refractivity contribution in [3.63, 3.8) is 0 Å². The molecule has 0 aliphatic heterocycles. The number of hydrogen-bond acceptors (Lipinski definition) is 3. The number of nitrogens with one attached hydrogen (secondary N) is 2. The van der Waals surface area contributed by atoms with Gasteiger partial charge in [0, 0.05) is 5.69 Å². The molecule has 0 atom stereocenters. The second-order valence-corrected chi connectivity index (χ2v) is 7.05. The van der Waals surface area contributed by atoms with Crippen LogP contribution in [0.15, 0.2) is 40.9 Å². The molecule has 0 aromatic heterocycles. The number of amides is 1. The van der Waals surface area contributed by atoms with Crippen molar-refractivity contribution in [2.75, 3.05) is 11.9 Å². The van der Waals surface area contributed by atoms with E-state index >= 15 is 0 Å². The van der Waals surface area contributed by atoms with Gasteiger partial charge in [0.25, 0.3) is 5.91 Å². The van der Waals surface area contributed by atoms with Gasteiger partial charge in [0.05, 0.1) is 4.47 Å². The maximum atomic E-state index is 12.0. The Balaban J connectivity index is 1.86. The number of thiocarbonyl (C=S) groups is 1. The molecule has 0 spiro atoms. The van der Waals surface area contributed by atoms with Gasteiger partial charge in [0.15, 0.2) is 11.7 Å². The van der Waals surface area contributed by atoms with Crippen LogP contribution in [0.1, 0.15) is 23.6 Å². The van der Waals surface area contributed by atoms with E-state index in [0.717, 1.165) is 27.7 Å². The standard InChI is InChI=1S/C19H21BrN2O2S/c1-4-14-5-6-17(16(20)10-14)24-11-18(23)22-19(25)21-15-8-12(2)7-13(3)9-15/h5-10H,4,11H2,1-3H3,(H2,21,22,23,25). The molecule has 0 heterocycles. The van der Waals surface area contributed by atoms with E-state index in [1.807, 2.05) is 44.2 Å². The van der Waals surface area contributed by atoms with Crippen LogP contribution in [0.2, 0.25) is 0 Å². The van der Waals surface area contributed by atoms with E-state index in [4.69, 9.17) is 17.0 Å². The maximum Gasteiger partial charge on any atom is 0.264 e. The van der Waals surface area contributed by atoms with E-state index in [-0.39, 0.29) is 17.6 Å². The number of hydrogen-bond donors (Lipinski definition) is 2. The quantitative estimate of drug-likeness (QED) is 0.697. The summed E-state index contributed by atoms with van der Waals surface area (Å²) in [5.41, 5.74) is 4.30. The fraction of sp³-hybridized carbons (Fsp3) is 0.263. The number of carbonyl (C=O) groups excluding carboxylic acids is 1. The highest BCUT2D eigenvalue weighted by Crippen LogP contribution is 2.26. The number of carbonyl (C=O) groups is 1. The molecule has 2 aromatic carbocycles. The van der Waals surface area contributed by atoms with Gasteiger partial charge in [-0.05, 0) is 89.4 Å². The average molecular weight is 421 g/mol. The van der Waals surface area contributed by atoms with Gasteiger partial charge in [0.1, 0.15) is 5.75 Å². The Labute approximate surface area is 162 Å². The van der Waals surface area contributed by atoms with Crippen molar-refractivity contribution >= 4 is 44.9 Å². The summed E-state index contributed by atoms with van der Waals surface area (Å²) in [7, 11) is 0. The highest BCUT2D eigenvalue weighted by atomic mass is 79.9. The molecule has 0 bridgehead atoms. The van der Waals surface area contributed by atoms with Crippen molar-refractivity contribution in [2.45, 2.75) is 27.2 Å². The monoisotopic (exact) mass is 420 g/mol. The lowest BCUT2D eigenvalue weighted by atomic mass is 10.1. The largest absolute Gasteiger partial charge is 0.483 e. The third-order valence-electron chi connectivity index (χ3n) is 3.50. The molecule has 0 aliphatic rings. The van der Waals surface area contributed by atoms with Crippen molar-refractivity contribution in [2.24, 2.45) is 0 Å². The van der Waals surface area contributed by atoms with Gasteiger partial charge in [-0.15, -0.1) is 0 Å². The van der Waals surface area contributed by atoms with Crippen LogP contribution in [-0.2, 0) is 11.2 Å². The number of halogens is 1. The molecule has 0 aliphatic carbocycles. The third-order valence-corrected chi connectivity index (χ3v) is 4.32. The minimum Gasteiger partial charge on any atom is -0.483 e. The minimum absolute atomic E-state index is 0.112. The molecular formula is C19H21BrN2O2S. The molecule has 2 N–H and O–H groups in total. The van der Waals surface area contributed by atoms with Gasteiger partial charge in [-0.1, -0.05) is 19.1 Å². The molecule has 4 nitrogen and oxygen atoms in total. The van der Waals surface area contributed by atoms with Crippen LogP contribution in [0.5, 0.6) is 5.75 Å². The van der Waals surface area contributed by atoms with Gasteiger partial charge in [-0.2, -0.15) is 0 Å². The molecular weight excluding hydrogens is 400 g/mol. The Hall–Kier alpha value is -1.92. The highest BCUT2D eigenvalue weighted by Gasteiger charge is 2.08. The summed E-state index contributed by atoms with van der Waals surface area (Å²) in [4.78, 5) is 12.0. The van der Waals surface area contributed by atoms with Crippen molar-refractivity contribution in [1.82, 2.24) is 5.32 Å². The van der Waals surface area contributed by atoms with Crippen LogP contribution >= 0.6 is 28.1 Å². The number of rotatable bonds is 5. The lowest BCUT2D eigenvalue weighted by Gasteiger charge is -2.12. The summed E-state index contributed by atoms with van der Waals surface area (Å²) >= 11 is 8.63. The van der Waals surface area contributed by atoms with Crippen LogP contribution in [-0.4, -0.2) is 17.6 Å². The first kappa shape index (κ1) is 19.4. The minimum atomic E-state index is -0.312. The smallest absolute Gasteiger partial charge is 0.264 e. The summed E-state index contributed by atoms with van der Waals surface area (Å²) in [6, 6.07) is 11.8. The van der Waals surface area contributed by atoms with E-state index in [1.54, 1.807) is 0 Å². The molecule has 0 fully saturated rings. The fourth-order valence-corrected chi connectivity index (χ4v) is 3.17. The van der Waals surface area contributed by atoms with E-state index in [9.17, 15) is 4.79 Å². The lowest BCUT2D eigenvalue weighted by Crippen LogP contribution is -2.37. The summed E-state index contributed by atoms with van der Waals surface area (Å²) in [6.45, 7) is 5.99. The average Bonchev–Trinajstić information content (AvgIpc) is 2.52. The van der Waals surface area contributed by atoms with Gasteiger partial charge >= 0.3 is 0 Å². The lowest BCUT2D eigenvalue weighted by molar-refractivity contribution is -0.121. The molecule has 1 amide bonds. The normalized spacial score (nSPS) is 10.2.